The van der Waals surface area contributed by atoms with Crippen molar-refractivity contribution >= 4 is 38.4 Å². The molecule has 0 bridgehead atoms. The van der Waals surface area contributed by atoms with Gasteiger partial charge in [0.25, 0.3) is 0 Å². The summed E-state index contributed by atoms with van der Waals surface area (Å²) in [5, 5.41) is 3.96. The second-order valence-corrected chi connectivity index (χ2v) is 7.45. The zero-order valence-corrected chi connectivity index (χ0v) is 15.4. The van der Waals surface area contributed by atoms with E-state index in [1.54, 1.807) is 17.4 Å². The molecule has 8 heteroatoms. The lowest BCUT2D eigenvalue weighted by Crippen LogP contribution is -2.50. The van der Waals surface area contributed by atoms with Gasteiger partial charge in [-0.1, -0.05) is 23.5 Å². The summed E-state index contributed by atoms with van der Waals surface area (Å²) in [6.45, 7) is 3.09. The number of thiazole rings is 1. The van der Waals surface area contributed by atoms with Gasteiger partial charge in [0, 0.05) is 37.9 Å². The number of benzene rings is 2. The van der Waals surface area contributed by atoms with Crippen LogP contribution in [0.3, 0.4) is 0 Å². The summed E-state index contributed by atoms with van der Waals surface area (Å²) >= 11 is 1.70. The second-order valence-electron chi connectivity index (χ2n) is 6.44. The topological polar surface area (TPSA) is 66.9 Å². The molecule has 3 heterocycles. The molecule has 0 spiro atoms. The zero-order valence-electron chi connectivity index (χ0n) is 14.6. The predicted octanol–water partition coefficient (Wildman–Crippen LogP) is 3.38. The van der Waals surface area contributed by atoms with Crippen LogP contribution in [0.15, 0.2) is 42.5 Å². The molecular formula is C19H18N4O3S. The third-order valence-electron chi connectivity index (χ3n) is 4.74. The Bertz CT molecular complexity index is 965. The van der Waals surface area contributed by atoms with Crippen molar-refractivity contribution in [1.82, 2.24) is 9.88 Å². The van der Waals surface area contributed by atoms with E-state index in [0.29, 0.717) is 30.3 Å². The summed E-state index contributed by atoms with van der Waals surface area (Å²) in [5.41, 5.74) is 1.73. The Kier molecular flexibility index (Phi) is 3.97. The van der Waals surface area contributed by atoms with E-state index >= 15 is 0 Å². The number of fused-ring (bicyclic) bond motifs is 2. The Labute approximate surface area is 160 Å². The fraction of sp³-hybridized carbons (Fsp3) is 0.263. The molecule has 1 saturated heterocycles. The second kappa shape index (κ2) is 6.62. The van der Waals surface area contributed by atoms with Crippen LogP contribution in [0, 0.1) is 0 Å². The van der Waals surface area contributed by atoms with Gasteiger partial charge in [-0.25, -0.2) is 9.78 Å². The van der Waals surface area contributed by atoms with Gasteiger partial charge in [0.2, 0.25) is 6.79 Å². The minimum absolute atomic E-state index is 0.0992. The SMILES string of the molecule is O=C(Nc1ccc2c(c1)OCO2)N1CCN(c2nc3ccccc3s2)CC1. The number of piperazine rings is 1. The van der Waals surface area contributed by atoms with E-state index < -0.39 is 0 Å². The monoisotopic (exact) mass is 382 g/mol. The van der Waals surface area contributed by atoms with Gasteiger partial charge in [-0.3, -0.25) is 0 Å². The van der Waals surface area contributed by atoms with Crippen molar-refractivity contribution in [2.45, 2.75) is 0 Å². The molecule has 2 aromatic carbocycles. The largest absolute Gasteiger partial charge is 0.454 e. The fourth-order valence-corrected chi connectivity index (χ4v) is 4.29. The van der Waals surface area contributed by atoms with Crippen molar-refractivity contribution in [2.24, 2.45) is 0 Å². The first-order valence-electron chi connectivity index (χ1n) is 8.82. The summed E-state index contributed by atoms with van der Waals surface area (Å²) in [6, 6.07) is 13.5. The molecule has 27 heavy (non-hydrogen) atoms. The highest BCUT2D eigenvalue weighted by Crippen LogP contribution is 2.34. The van der Waals surface area contributed by atoms with E-state index in [-0.39, 0.29) is 12.8 Å². The number of hydrogen-bond donors (Lipinski definition) is 1. The molecule has 2 amide bonds. The third-order valence-corrected chi connectivity index (χ3v) is 5.84. The van der Waals surface area contributed by atoms with Crippen LogP contribution in [0.2, 0.25) is 0 Å². The van der Waals surface area contributed by atoms with Crippen molar-refractivity contribution in [2.75, 3.05) is 43.2 Å². The van der Waals surface area contributed by atoms with E-state index in [1.807, 2.05) is 35.2 Å². The number of amides is 2. The molecule has 138 valence electrons. The van der Waals surface area contributed by atoms with Crippen molar-refractivity contribution in [3.05, 3.63) is 42.5 Å². The van der Waals surface area contributed by atoms with Gasteiger partial charge < -0.3 is 24.6 Å². The number of anilines is 2. The number of ether oxygens (including phenoxy) is 2. The summed E-state index contributed by atoms with van der Waals surface area (Å²) in [5.74, 6) is 1.37. The quantitative estimate of drug-likeness (QED) is 0.736. The summed E-state index contributed by atoms with van der Waals surface area (Å²) in [6.07, 6.45) is 0. The first-order chi connectivity index (χ1) is 13.3. The standard InChI is InChI=1S/C19H18N4O3S/c24-18(20-13-5-6-15-16(11-13)26-12-25-15)22-7-9-23(10-8-22)19-21-14-3-1-2-4-17(14)27-19/h1-6,11H,7-10,12H2,(H,20,24). The number of urea groups is 1. The van der Waals surface area contributed by atoms with Crippen molar-refractivity contribution in [3.63, 3.8) is 0 Å². The van der Waals surface area contributed by atoms with Crippen LogP contribution in [0.1, 0.15) is 0 Å². The number of nitrogens with one attached hydrogen (secondary N) is 1. The van der Waals surface area contributed by atoms with Crippen LogP contribution in [-0.2, 0) is 0 Å². The molecule has 0 aliphatic carbocycles. The van der Waals surface area contributed by atoms with E-state index in [4.69, 9.17) is 14.5 Å². The van der Waals surface area contributed by atoms with Crippen LogP contribution in [0.5, 0.6) is 11.5 Å². The number of rotatable bonds is 2. The van der Waals surface area contributed by atoms with Gasteiger partial charge in [-0.05, 0) is 24.3 Å². The molecule has 0 radical (unpaired) electrons. The minimum Gasteiger partial charge on any atom is -0.454 e. The summed E-state index contributed by atoms with van der Waals surface area (Å²) in [4.78, 5) is 21.3. The van der Waals surface area contributed by atoms with Gasteiger partial charge in [0.05, 0.1) is 10.2 Å². The Balaban J connectivity index is 1.21. The molecule has 2 aliphatic rings. The molecule has 0 atom stereocenters. The maximum atomic E-state index is 12.6. The van der Waals surface area contributed by atoms with Crippen molar-refractivity contribution in [1.29, 1.82) is 0 Å². The lowest BCUT2D eigenvalue weighted by molar-refractivity contribution is 0.174. The third kappa shape index (κ3) is 3.12. The molecule has 1 aromatic heterocycles. The normalized spacial score (nSPS) is 16.0. The van der Waals surface area contributed by atoms with Gasteiger partial charge in [0.15, 0.2) is 16.6 Å². The van der Waals surface area contributed by atoms with Crippen LogP contribution in [0.4, 0.5) is 15.6 Å². The average Bonchev–Trinajstić information content (AvgIpc) is 3.34. The van der Waals surface area contributed by atoms with Crippen LogP contribution >= 0.6 is 11.3 Å². The number of aromatic nitrogens is 1. The Morgan fingerprint density at radius 3 is 2.70 bits per heavy atom. The Hall–Kier alpha value is -3.00. The smallest absolute Gasteiger partial charge is 0.321 e. The van der Waals surface area contributed by atoms with Gasteiger partial charge in [-0.15, -0.1) is 0 Å². The maximum absolute atomic E-state index is 12.6. The van der Waals surface area contributed by atoms with E-state index in [9.17, 15) is 4.79 Å². The number of para-hydroxylation sites is 1. The molecular weight excluding hydrogens is 364 g/mol. The van der Waals surface area contributed by atoms with Crippen LogP contribution in [-0.4, -0.2) is 48.9 Å². The Morgan fingerprint density at radius 2 is 1.85 bits per heavy atom. The minimum atomic E-state index is -0.0992. The highest BCUT2D eigenvalue weighted by molar-refractivity contribution is 7.22. The predicted molar refractivity (Wildman–Crippen MR) is 105 cm³/mol. The first kappa shape index (κ1) is 16.2. The van der Waals surface area contributed by atoms with Gasteiger partial charge in [0.1, 0.15) is 0 Å². The molecule has 7 nitrogen and oxygen atoms in total. The lowest BCUT2D eigenvalue weighted by Gasteiger charge is -2.34. The highest BCUT2D eigenvalue weighted by Gasteiger charge is 2.23. The molecule has 1 fully saturated rings. The van der Waals surface area contributed by atoms with Crippen LogP contribution < -0.4 is 19.7 Å². The molecule has 3 aromatic rings. The van der Waals surface area contributed by atoms with Crippen molar-refractivity contribution < 1.29 is 14.3 Å². The van der Waals surface area contributed by atoms with Gasteiger partial charge >= 0.3 is 6.03 Å². The number of carbonyl (C=O) groups excluding carboxylic acids is 1. The molecule has 5 rings (SSSR count). The van der Waals surface area contributed by atoms with Gasteiger partial charge in [-0.2, -0.15) is 0 Å². The zero-order chi connectivity index (χ0) is 18.2. The first-order valence-corrected chi connectivity index (χ1v) is 9.64. The molecule has 0 unspecified atom stereocenters. The number of carbonyl (C=O) groups is 1. The average molecular weight is 382 g/mol. The highest BCUT2D eigenvalue weighted by atomic mass is 32.1. The lowest BCUT2D eigenvalue weighted by atomic mass is 10.3. The van der Waals surface area contributed by atoms with E-state index in [0.717, 1.165) is 23.7 Å². The van der Waals surface area contributed by atoms with Crippen LogP contribution in [0.25, 0.3) is 10.2 Å². The number of nitrogens with zero attached hydrogens (tertiary/aromatic N) is 3. The Morgan fingerprint density at radius 1 is 1.04 bits per heavy atom. The number of hydrogen-bond acceptors (Lipinski definition) is 6. The summed E-state index contributed by atoms with van der Waals surface area (Å²) in [7, 11) is 0. The van der Waals surface area contributed by atoms with E-state index in [2.05, 4.69) is 16.3 Å². The molecule has 2 aliphatic heterocycles. The van der Waals surface area contributed by atoms with Crippen molar-refractivity contribution in [3.8, 4) is 11.5 Å². The van der Waals surface area contributed by atoms with E-state index in [1.165, 1.54) is 4.70 Å². The maximum Gasteiger partial charge on any atom is 0.321 e. The fourth-order valence-electron chi connectivity index (χ4n) is 3.27. The molecule has 1 N–H and O–H groups in total. The summed E-state index contributed by atoms with van der Waals surface area (Å²) < 4.78 is 11.8. The molecule has 0 saturated carbocycles.